The van der Waals surface area contributed by atoms with Crippen molar-refractivity contribution in [2.75, 3.05) is 31.1 Å². The lowest BCUT2D eigenvalue weighted by atomic mass is 10.0. The van der Waals surface area contributed by atoms with Crippen molar-refractivity contribution in [3.63, 3.8) is 0 Å². The van der Waals surface area contributed by atoms with Crippen LogP contribution in [-0.4, -0.2) is 54.1 Å². The van der Waals surface area contributed by atoms with Crippen molar-refractivity contribution in [1.82, 2.24) is 4.90 Å². The van der Waals surface area contributed by atoms with Gasteiger partial charge in [0.05, 0.1) is 16.5 Å². The molecule has 0 spiro atoms. The zero-order chi connectivity index (χ0) is 26.9. The van der Waals surface area contributed by atoms with Crippen LogP contribution in [0.25, 0.3) is 0 Å². The number of piperazine rings is 1. The molecule has 2 heterocycles. The van der Waals surface area contributed by atoms with Crippen LogP contribution in [0.15, 0.2) is 72.8 Å². The van der Waals surface area contributed by atoms with Crippen LogP contribution in [0, 0.1) is 10.1 Å². The molecule has 0 aromatic heterocycles. The average molecular weight is 527 g/mol. The second kappa shape index (κ2) is 10.3. The highest BCUT2D eigenvalue weighted by molar-refractivity contribution is 5.89. The smallest absolute Gasteiger partial charge is 0.422 e. The zero-order valence-corrected chi connectivity index (χ0v) is 20.1. The van der Waals surface area contributed by atoms with Crippen molar-refractivity contribution in [3.8, 4) is 11.5 Å². The molecule has 2 fully saturated rings. The van der Waals surface area contributed by atoms with E-state index in [0.717, 1.165) is 12.1 Å². The van der Waals surface area contributed by atoms with Gasteiger partial charge in [0.2, 0.25) is 0 Å². The van der Waals surface area contributed by atoms with Gasteiger partial charge in [-0.1, -0.05) is 36.4 Å². The third-order valence-corrected chi connectivity index (χ3v) is 6.82. The van der Waals surface area contributed by atoms with E-state index in [1.165, 1.54) is 17.0 Å². The molecule has 0 unspecified atom stereocenters. The van der Waals surface area contributed by atoms with E-state index in [1.54, 1.807) is 48.5 Å². The minimum atomic E-state index is -4.93. The topological polar surface area (TPSA) is 85.2 Å². The Morgan fingerprint density at radius 1 is 0.947 bits per heavy atom. The van der Waals surface area contributed by atoms with E-state index in [4.69, 9.17) is 9.47 Å². The fourth-order valence-corrected chi connectivity index (χ4v) is 5.09. The number of carbonyl (C=O) groups excluding carboxylic acids is 1. The zero-order valence-electron chi connectivity index (χ0n) is 20.1. The Morgan fingerprint density at radius 3 is 2.29 bits per heavy atom. The highest BCUT2D eigenvalue weighted by atomic mass is 19.4. The Labute approximate surface area is 216 Å². The maximum atomic E-state index is 14.5. The monoisotopic (exact) mass is 527 g/mol. The van der Waals surface area contributed by atoms with E-state index >= 15 is 0 Å². The van der Waals surface area contributed by atoms with E-state index < -0.39 is 51.9 Å². The Kier molecular flexibility index (Phi) is 6.94. The number of rotatable bonds is 6. The molecule has 5 rings (SSSR count). The number of para-hydroxylation sites is 1. The van der Waals surface area contributed by atoms with Crippen molar-refractivity contribution < 1.29 is 32.4 Å². The number of nitrogens with zero attached hydrogens (tertiary/aromatic N) is 3. The van der Waals surface area contributed by atoms with Crippen LogP contribution in [0.3, 0.4) is 0 Å². The van der Waals surface area contributed by atoms with Crippen LogP contribution in [0.5, 0.6) is 11.5 Å². The van der Waals surface area contributed by atoms with Crippen molar-refractivity contribution in [2.24, 2.45) is 0 Å². The maximum absolute atomic E-state index is 14.5. The number of anilines is 1. The molecule has 0 N–H and O–H groups in total. The summed E-state index contributed by atoms with van der Waals surface area (Å²) in [7, 11) is 0. The summed E-state index contributed by atoms with van der Waals surface area (Å²) >= 11 is 0. The van der Waals surface area contributed by atoms with Gasteiger partial charge in [-0.3, -0.25) is 15.0 Å². The van der Waals surface area contributed by atoms with E-state index in [1.807, 2.05) is 4.90 Å². The second-order valence-electron chi connectivity index (χ2n) is 9.12. The molecule has 0 radical (unpaired) electrons. The number of alkyl halides is 3. The average Bonchev–Trinajstić information content (AvgIpc) is 3.30. The molecule has 3 aromatic carbocycles. The third kappa shape index (κ3) is 5.14. The number of esters is 1. The molecule has 0 amide bonds. The van der Waals surface area contributed by atoms with Crippen LogP contribution in [0.2, 0.25) is 0 Å². The normalized spacial score (nSPS) is 19.6. The summed E-state index contributed by atoms with van der Waals surface area (Å²) in [6.45, 7) is 1.12. The summed E-state index contributed by atoms with van der Waals surface area (Å²) in [5.41, 5.74) is -2.04. The van der Waals surface area contributed by atoms with Crippen LogP contribution in [0.4, 0.5) is 24.5 Å². The SMILES string of the molecule is O=C(O[C@@H]1CCN2CCN(c3c([N+](=O)[O-])ccc(Oc4ccccc4)c3C(F)(F)F)C[C@@H]12)c1ccccc1. The summed E-state index contributed by atoms with van der Waals surface area (Å²) in [6.07, 6.45) is -4.98. The van der Waals surface area contributed by atoms with Gasteiger partial charge in [-0.15, -0.1) is 0 Å². The van der Waals surface area contributed by atoms with Crippen molar-refractivity contribution in [1.29, 1.82) is 0 Å². The number of fused-ring (bicyclic) bond motifs is 1. The number of hydrogen-bond donors (Lipinski definition) is 0. The van der Waals surface area contributed by atoms with Crippen LogP contribution >= 0.6 is 0 Å². The second-order valence-corrected chi connectivity index (χ2v) is 9.12. The molecule has 11 heteroatoms. The van der Waals surface area contributed by atoms with Gasteiger partial charge in [0.25, 0.3) is 5.69 Å². The third-order valence-electron chi connectivity index (χ3n) is 6.82. The summed E-state index contributed by atoms with van der Waals surface area (Å²) in [6, 6.07) is 18.0. The van der Waals surface area contributed by atoms with Gasteiger partial charge >= 0.3 is 12.1 Å². The first kappa shape index (κ1) is 25.5. The van der Waals surface area contributed by atoms with Gasteiger partial charge in [-0.05, 0) is 36.8 Å². The largest absolute Gasteiger partial charge is 0.457 e. The summed E-state index contributed by atoms with van der Waals surface area (Å²) in [5.74, 6) is -0.869. The molecule has 0 saturated carbocycles. The summed E-state index contributed by atoms with van der Waals surface area (Å²) in [4.78, 5) is 27.2. The molecule has 3 aromatic rings. The predicted octanol–water partition coefficient (Wildman–Crippen LogP) is 5.53. The molecule has 0 aliphatic carbocycles. The minimum absolute atomic E-state index is 0.0193. The quantitative estimate of drug-likeness (QED) is 0.237. The van der Waals surface area contributed by atoms with Crippen molar-refractivity contribution in [3.05, 3.63) is 94.0 Å². The Balaban J connectivity index is 1.49. The van der Waals surface area contributed by atoms with Crippen molar-refractivity contribution in [2.45, 2.75) is 24.7 Å². The van der Waals surface area contributed by atoms with Gasteiger partial charge in [0.1, 0.15) is 28.9 Å². The maximum Gasteiger partial charge on any atom is 0.422 e. The van der Waals surface area contributed by atoms with Crippen LogP contribution < -0.4 is 9.64 Å². The summed E-state index contributed by atoms with van der Waals surface area (Å²) < 4.78 is 54.8. The number of carbonyl (C=O) groups is 1. The predicted molar refractivity (Wildman–Crippen MR) is 132 cm³/mol. The molecule has 38 heavy (non-hydrogen) atoms. The minimum Gasteiger partial charge on any atom is -0.457 e. The number of ether oxygens (including phenoxy) is 2. The first-order valence-corrected chi connectivity index (χ1v) is 12.1. The van der Waals surface area contributed by atoms with Gasteiger partial charge in [0.15, 0.2) is 0 Å². The first-order valence-electron chi connectivity index (χ1n) is 12.1. The number of nitro groups is 1. The molecule has 8 nitrogen and oxygen atoms in total. The van der Waals surface area contributed by atoms with Gasteiger partial charge in [-0.25, -0.2) is 4.79 Å². The fourth-order valence-electron chi connectivity index (χ4n) is 5.09. The fraction of sp³-hybridized carbons (Fsp3) is 0.296. The number of halogens is 3. The molecule has 2 aliphatic rings. The van der Waals surface area contributed by atoms with Crippen LogP contribution in [0.1, 0.15) is 22.3 Å². The number of nitro benzene ring substituents is 1. The lowest BCUT2D eigenvalue weighted by Crippen LogP contribution is -2.54. The molecule has 2 saturated heterocycles. The van der Waals surface area contributed by atoms with Gasteiger partial charge in [-0.2, -0.15) is 13.2 Å². The van der Waals surface area contributed by atoms with E-state index in [2.05, 4.69) is 0 Å². The Bertz CT molecular complexity index is 1320. The van der Waals surface area contributed by atoms with Gasteiger partial charge < -0.3 is 14.4 Å². The van der Waals surface area contributed by atoms with E-state index in [9.17, 15) is 28.1 Å². The molecule has 0 bridgehead atoms. The molecule has 198 valence electrons. The lowest BCUT2D eigenvalue weighted by Gasteiger charge is -2.40. The molecule has 2 atom stereocenters. The van der Waals surface area contributed by atoms with E-state index in [0.29, 0.717) is 25.1 Å². The number of benzene rings is 3. The first-order chi connectivity index (χ1) is 18.2. The lowest BCUT2D eigenvalue weighted by molar-refractivity contribution is -0.384. The Morgan fingerprint density at radius 2 is 1.63 bits per heavy atom. The van der Waals surface area contributed by atoms with E-state index in [-0.39, 0.29) is 18.8 Å². The summed E-state index contributed by atoms with van der Waals surface area (Å²) in [5, 5.41) is 11.9. The molecular formula is C27H24F3N3O5. The van der Waals surface area contributed by atoms with Crippen molar-refractivity contribution >= 4 is 17.3 Å². The number of hydrogen-bond acceptors (Lipinski definition) is 7. The highest BCUT2D eigenvalue weighted by Crippen LogP contribution is 2.49. The Hall–Kier alpha value is -4.12. The van der Waals surface area contributed by atoms with Crippen LogP contribution in [-0.2, 0) is 10.9 Å². The molecular weight excluding hydrogens is 503 g/mol. The highest BCUT2D eigenvalue weighted by Gasteiger charge is 2.46. The van der Waals surface area contributed by atoms with Gasteiger partial charge in [0, 0.05) is 32.2 Å². The standard InChI is InChI=1S/C27H24F3N3O5/c28-27(29,30)24-23(37-19-9-5-2-6-10-19)12-11-20(33(35)36)25(24)32-16-15-31-14-13-22(21(31)17-32)38-26(34)18-7-3-1-4-8-18/h1-12,21-22H,13-17H2/t21-,22+/m0/s1. The molecule has 2 aliphatic heterocycles.